The van der Waals surface area contributed by atoms with Gasteiger partial charge < -0.3 is 4.84 Å². The number of alkyl halides is 2. The van der Waals surface area contributed by atoms with Gasteiger partial charge in [-0.2, -0.15) is 0 Å². The van der Waals surface area contributed by atoms with Crippen molar-refractivity contribution in [3.05, 3.63) is 35.4 Å². The quantitative estimate of drug-likeness (QED) is 0.541. The predicted octanol–water partition coefficient (Wildman–Crippen LogP) is 3.41. The van der Waals surface area contributed by atoms with Crippen molar-refractivity contribution < 1.29 is 13.6 Å². The van der Waals surface area contributed by atoms with E-state index in [9.17, 15) is 8.78 Å². The second kappa shape index (κ2) is 6.11. The van der Waals surface area contributed by atoms with Gasteiger partial charge in [-0.05, 0) is 18.1 Å². The van der Waals surface area contributed by atoms with Crippen molar-refractivity contribution >= 4 is 6.21 Å². The molecule has 0 amide bonds. The van der Waals surface area contributed by atoms with Crippen molar-refractivity contribution in [3.8, 4) is 0 Å². The summed E-state index contributed by atoms with van der Waals surface area (Å²) in [5, 5.41) is 3.52. The van der Waals surface area contributed by atoms with Gasteiger partial charge in [-0.1, -0.05) is 30.3 Å². The van der Waals surface area contributed by atoms with E-state index in [0.717, 1.165) is 0 Å². The molecule has 0 aliphatic rings. The lowest BCUT2D eigenvalue weighted by molar-refractivity contribution is 0.130. The van der Waals surface area contributed by atoms with Crippen LogP contribution in [0, 0.1) is 0 Å². The third-order valence-electron chi connectivity index (χ3n) is 1.72. The maximum Gasteiger partial charge on any atom is 0.263 e. The molecule has 2 nitrogen and oxygen atoms in total. The third kappa shape index (κ3) is 4.06. The lowest BCUT2D eigenvalue weighted by atomic mass is 10.1. The molecule has 1 rings (SSSR count). The van der Waals surface area contributed by atoms with Crippen LogP contribution in [0.5, 0.6) is 0 Å². The molecule has 0 spiro atoms. The molecule has 1 aromatic rings. The van der Waals surface area contributed by atoms with Gasteiger partial charge in [0.25, 0.3) is 6.43 Å². The molecule has 4 heteroatoms. The first kappa shape index (κ1) is 11.6. The molecule has 0 bridgehead atoms. The fourth-order valence-electron chi connectivity index (χ4n) is 1.04. The molecular weight excluding hydrogens is 200 g/mol. The molecule has 0 heterocycles. The SMILES string of the molecule is CC/[C]=N\OCc1cccc(C(F)F)c1. The molecule has 0 saturated heterocycles. The minimum absolute atomic E-state index is 0.000416. The van der Waals surface area contributed by atoms with Gasteiger partial charge in [0.15, 0.2) is 0 Å². The van der Waals surface area contributed by atoms with E-state index in [1.807, 2.05) is 6.92 Å². The van der Waals surface area contributed by atoms with Crippen LogP contribution in [0.25, 0.3) is 0 Å². The summed E-state index contributed by atoms with van der Waals surface area (Å²) in [6.45, 7) is 2.07. The van der Waals surface area contributed by atoms with Crippen LogP contribution in [0.4, 0.5) is 8.78 Å². The first-order chi connectivity index (χ1) is 7.24. The number of hydrogen-bond donors (Lipinski definition) is 0. The lowest BCUT2D eigenvalue weighted by Crippen LogP contribution is -1.90. The van der Waals surface area contributed by atoms with E-state index >= 15 is 0 Å². The van der Waals surface area contributed by atoms with E-state index in [-0.39, 0.29) is 12.2 Å². The molecule has 0 aromatic heterocycles. The largest absolute Gasteiger partial charge is 0.391 e. The van der Waals surface area contributed by atoms with Crippen LogP contribution in [0.1, 0.15) is 30.9 Å². The summed E-state index contributed by atoms with van der Waals surface area (Å²) in [6.07, 6.45) is 0.826. The number of benzene rings is 1. The summed E-state index contributed by atoms with van der Waals surface area (Å²) in [7, 11) is 0. The number of rotatable bonds is 5. The van der Waals surface area contributed by atoms with E-state index in [2.05, 4.69) is 11.4 Å². The van der Waals surface area contributed by atoms with Gasteiger partial charge >= 0.3 is 0 Å². The van der Waals surface area contributed by atoms with Crippen molar-refractivity contribution in [2.75, 3.05) is 0 Å². The highest BCUT2D eigenvalue weighted by Gasteiger charge is 2.06. The van der Waals surface area contributed by atoms with Gasteiger partial charge in [-0.15, -0.1) is 0 Å². The Morgan fingerprint density at radius 3 is 2.93 bits per heavy atom. The second-order valence-corrected chi connectivity index (χ2v) is 2.92. The van der Waals surface area contributed by atoms with Crippen LogP contribution < -0.4 is 0 Å². The molecule has 81 valence electrons. The van der Waals surface area contributed by atoms with Gasteiger partial charge in [0.1, 0.15) is 12.8 Å². The second-order valence-electron chi connectivity index (χ2n) is 2.92. The Hall–Kier alpha value is -1.45. The van der Waals surface area contributed by atoms with Crippen LogP contribution in [-0.4, -0.2) is 6.21 Å². The smallest absolute Gasteiger partial charge is 0.263 e. The van der Waals surface area contributed by atoms with E-state index < -0.39 is 6.43 Å². The van der Waals surface area contributed by atoms with Crippen molar-refractivity contribution in [3.63, 3.8) is 0 Å². The van der Waals surface area contributed by atoms with Crippen molar-refractivity contribution in [1.29, 1.82) is 0 Å². The van der Waals surface area contributed by atoms with E-state index in [4.69, 9.17) is 4.84 Å². The maximum absolute atomic E-state index is 12.3. The Morgan fingerprint density at radius 1 is 1.47 bits per heavy atom. The summed E-state index contributed by atoms with van der Waals surface area (Å²) < 4.78 is 24.6. The number of hydrogen-bond acceptors (Lipinski definition) is 2. The predicted molar refractivity (Wildman–Crippen MR) is 53.9 cm³/mol. The minimum Gasteiger partial charge on any atom is -0.391 e. The Balaban J connectivity index is 2.54. The zero-order valence-electron chi connectivity index (χ0n) is 8.41. The highest BCUT2D eigenvalue weighted by Crippen LogP contribution is 2.19. The minimum atomic E-state index is -2.45. The van der Waals surface area contributed by atoms with E-state index in [0.29, 0.717) is 12.0 Å². The highest BCUT2D eigenvalue weighted by molar-refractivity contribution is 5.55. The van der Waals surface area contributed by atoms with Crippen molar-refractivity contribution in [1.82, 2.24) is 0 Å². The van der Waals surface area contributed by atoms with E-state index in [1.54, 1.807) is 12.1 Å². The van der Waals surface area contributed by atoms with Crippen LogP contribution in [0.2, 0.25) is 0 Å². The summed E-state index contributed by atoms with van der Waals surface area (Å²) in [5.41, 5.74) is 0.675. The summed E-state index contributed by atoms with van der Waals surface area (Å²) in [4.78, 5) is 4.86. The topological polar surface area (TPSA) is 21.6 Å². The van der Waals surface area contributed by atoms with Crippen LogP contribution in [0.3, 0.4) is 0 Å². The fourth-order valence-corrected chi connectivity index (χ4v) is 1.04. The zero-order chi connectivity index (χ0) is 11.1. The molecule has 1 radical (unpaired) electrons. The van der Waals surface area contributed by atoms with Gasteiger partial charge in [0.05, 0.1) is 0 Å². The normalized spacial score (nSPS) is 11.2. The molecule has 15 heavy (non-hydrogen) atoms. The molecule has 0 fully saturated rings. The Labute approximate surface area is 87.6 Å². The summed E-state index contributed by atoms with van der Waals surface area (Å²) >= 11 is 0. The van der Waals surface area contributed by atoms with Crippen molar-refractivity contribution in [2.24, 2.45) is 5.16 Å². The summed E-state index contributed by atoms with van der Waals surface area (Å²) in [6, 6.07) is 6.09. The van der Waals surface area contributed by atoms with Gasteiger partial charge in [0, 0.05) is 5.56 Å². The molecule has 0 aliphatic heterocycles. The average molecular weight is 212 g/mol. The molecule has 0 N–H and O–H groups in total. The molecular formula is C11H12F2NO. The average Bonchev–Trinajstić information content (AvgIpc) is 2.25. The first-order valence-electron chi connectivity index (χ1n) is 4.66. The standard InChI is InChI=1S/C11H12F2NO/c1-2-6-14-15-8-9-4-3-5-10(7-9)11(12)13/h3-5,7,11H,2,8H2,1H3. The first-order valence-corrected chi connectivity index (χ1v) is 4.66. The number of halogens is 2. The van der Waals surface area contributed by atoms with E-state index in [1.165, 1.54) is 12.1 Å². The highest BCUT2D eigenvalue weighted by atomic mass is 19.3. The maximum atomic E-state index is 12.3. The van der Waals surface area contributed by atoms with Crippen molar-refractivity contribution in [2.45, 2.75) is 26.4 Å². The summed E-state index contributed by atoms with van der Waals surface area (Å²) in [5.74, 6) is 0. The molecule has 0 saturated carbocycles. The third-order valence-corrected chi connectivity index (χ3v) is 1.72. The Morgan fingerprint density at radius 2 is 2.27 bits per heavy atom. The number of nitrogens with zero attached hydrogens (tertiary/aromatic N) is 1. The molecule has 0 unspecified atom stereocenters. The lowest BCUT2D eigenvalue weighted by Gasteiger charge is -2.03. The molecule has 0 aliphatic carbocycles. The molecule has 1 aromatic carbocycles. The van der Waals surface area contributed by atoms with Crippen LogP contribution in [0.15, 0.2) is 29.4 Å². The Kier molecular flexibility index (Phi) is 4.74. The molecule has 0 atom stereocenters. The monoisotopic (exact) mass is 212 g/mol. The Bertz CT molecular complexity index is 326. The van der Waals surface area contributed by atoms with Crippen LogP contribution in [-0.2, 0) is 11.4 Å². The fraction of sp³-hybridized carbons (Fsp3) is 0.364. The van der Waals surface area contributed by atoms with Crippen LogP contribution >= 0.6 is 0 Å². The van der Waals surface area contributed by atoms with Gasteiger partial charge in [-0.25, -0.2) is 8.78 Å². The van der Waals surface area contributed by atoms with Gasteiger partial charge in [-0.3, -0.25) is 0 Å². The van der Waals surface area contributed by atoms with Gasteiger partial charge in [0.2, 0.25) is 0 Å². The zero-order valence-corrected chi connectivity index (χ0v) is 8.41.